The van der Waals surface area contributed by atoms with Gasteiger partial charge in [-0.3, -0.25) is 4.79 Å². The van der Waals surface area contributed by atoms with Gasteiger partial charge in [-0.15, -0.1) is 0 Å². The number of aryl methyl sites for hydroxylation is 2. The molecule has 6 heteroatoms. The lowest BCUT2D eigenvalue weighted by molar-refractivity contribution is 0.0601. The highest BCUT2D eigenvalue weighted by atomic mass is 35.5. The summed E-state index contributed by atoms with van der Waals surface area (Å²) in [6, 6.07) is 10.5. The molecule has 0 bridgehead atoms. The number of benzene rings is 2. The second-order valence-corrected chi connectivity index (χ2v) is 6.38. The third-order valence-electron chi connectivity index (χ3n) is 4.18. The van der Waals surface area contributed by atoms with Crippen LogP contribution in [-0.4, -0.2) is 23.0 Å². The van der Waals surface area contributed by atoms with E-state index in [0.717, 1.165) is 11.1 Å². The molecule has 132 valence electrons. The number of halogens is 1. The van der Waals surface area contributed by atoms with Gasteiger partial charge < -0.3 is 9.72 Å². The number of esters is 1. The molecule has 5 nitrogen and oxygen atoms in total. The lowest BCUT2D eigenvalue weighted by Gasteiger charge is -2.05. The van der Waals surface area contributed by atoms with Gasteiger partial charge in [-0.1, -0.05) is 29.8 Å². The van der Waals surface area contributed by atoms with Gasteiger partial charge in [-0.2, -0.15) is 0 Å². The van der Waals surface area contributed by atoms with E-state index in [1.165, 1.54) is 30.9 Å². The Morgan fingerprint density at radius 3 is 2.62 bits per heavy atom. The minimum Gasteiger partial charge on any atom is -0.465 e. The molecule has 0 atom stereocenters. The van der Waals surface area contributed by atoms with Crippen molar-refractivity contribution in [1.82, 2.24) is 9.97 Å². The van der Waals surface area contributed by atoms with E-state index in [0.29, 0.717) is 21.5 Å². The molecule has 0 radical (unpaired) electrons. The number of fused-ring (bicyclic) bond motifs is 1. The van der Waals surface area contributed by atoms with Crippen molar-refractivity contribution in [3.8, 4) is 0 Å². The van der Waals surface area contributed by atoms with Crippen LogP contribution in [0.5, 0.6) is 0 Å². The molecule has 2 aromatic carbocycles. The number of H-pyrrole nitrogens is 1. The molecule has 1 aromatic heterocycles. The second-order valence-electron chi connectivity index (χ2n) is 5.97. The maximum absolute atomic E-state index is 12.3. The maximum atomic E-state index is 12.3. The molecule has 0 aliphatic rings. The molecule has 1 heterocycles. The topological polar surface area (TPSA) is 72.1 Å². The van der Waals surface area contributed by atoms with Crippen LogP contribution in [0.3, 0.4) is 0 Å². The van der Waals surface area contributed by atoms with Crippen molar-refractivity contribution in [2.45, 2.75) is 13.8 Å². The van der Waals surface area contributed by atoms with E-state index in [-0.39, 0.29) is 11.4 Å². The molecule has 1 N–H and O–H groups in total. The smallest absolute Gasteiger partial charge is 0.337 e. The highest BCUT2D eigenvalue weighted by molar-refractivity contribution is 6.50. The Bertz CT molecular complexity index is 1100. The van der Waals surface area contributed by atoms with Gasteiger partial charge in [-0.25, -0.2) is 9.78 Å². The minimum atomic E-state index is -0.493. The lowest BCUT2D eigenvalue weighted by Crippen LogP contribution is -2.11. The number of methoxy groups -OCH3 is 1. The summed E-state index contributed by atoms with van der Waals surface area (Å²) < 4.78 is 4.70. The molecule has 0 saturated heterocycles. The Morgan fingerprint density at radius 1 is 1.15 bits per heavy atom. The van der Waals surface area contributed by atoms with E-state index in [1.54, 1.807) is 6.08 Å². The van der Waals surface area contributed by atoms with E-state index >= 15 is 0 Å². The van der Waals surface area contributed by atoms with Crippen molar-refractivity contribution in [3.05, 3.63) is 74.8 Å². The fraction of sp³-hybridized carbons (Fsp3) is 0.150. The van der Waals surface area contributed by atoms with Gasteiger partial charge in [0, 0.05) is 0 Å². The summed E-state index contributed by atoms with van der Waals surface area (Å²) in [5.74, 6) is -0.253. The number of hydrogen-bond acceptors (Lipinski definition) is 4. The zero-order chi connectivity index (χ0) is 18.8. The van der Waals surface area contributed by atoms with Gasteiger partial charge in [0.2, 0.25) is 0 Å². The van der Waals surface area contributed by atoms with Gasteiger partial charge >= 0.3 is 5.97 Å². The van der Waals surface area contributed by atoms with Crippen LogP contribution in [-0.2, 0) is 4.74 Å². The number of rotatable bonds is 3. The zero-order valence-corrected chi connectivity index (χ0v) is 15.3. The number of ether oxygens (including phenoxy) is 1. The van der Waals surface area contributed by atoms with Crippen molar-refractivity contribution < 1.29 is 9.53 Å². The number of carbonyl (C=O) groups is 1. The Morgan fingerprint density at radius 2 is 1.92 bits per heavy atom. The van der Waals surface area contributed by atoms with Gasteiger partial charge in [0.05, 0.1) is 28.6 Å². The van der Waals surface area contributed by atoms with E-state index in [9.17, 15) is 9.59 Å². The molecular weight excluding hydrogens is 352 g/mol. The minimum absolute atomic E-state index is 0.240. The maximum Gasteiger partial charge on any atom is 0.337 e. The standard InChI is InChI=1S/C20H17ClN2O3/c1-11-4-5-13(8-12(11)2)9-16(21)18-22-17-10-14(20(25)26-3)6-7-15(17)19(24)23-18/h4-10H,1-3H3,(H,22,23,24)/b16-9-. The number of aromatic nitrogens is 2. The fourth-order valence-corrected chi connectivity index (χ4v) is 2.78. The average Bonchev–Trinajstić information content (AvgIpc) is 2.63. The predicted molar refractivity (Wildman–Crippen MR) is 103 cm³/mol. The molecule has 0 saturated carbocycles. The van der Waals surface area contributed by atoms with E-state index in [2.05, 4.69) is 9.97 Å². The molecule has 0 unspecified atom stereocenters. The summed E-state index contributed by atoms with van der Waals surface area (Å²) >= 11 is 6.37. The molecule has 3 aromatic rings. The van der Waals surface area contributed by atoms with Crippen LogP contribution in [0.2, 0.25) is 0 Å². The first kappa shape index (κ1) is 17.9. The first-order valence-corrected chi connectivity index (χ1v) is 8.34. The van der Waals surface area contributed by atoms with Crippen LogP contribution in [0.15, 0.2) is 41.2 Å². The van der Waals surface area contributed by atoms with Crippen LogP contribution in [0.25, 0.3) is 22.0 Å². The highest BCUT2D eigenvalue weighted by Gasteiger charge is 2.11. The van der Waals surface area contributed by atoms with E-state index in [1.807, 2.05) is 32.0 Å². The lowest BCUT2D eigenvalue weighted by atomic mass is 10.1. The molecule has 0 fully saturated rings. The van der Waals surface area contributed by atoms with Crippen molar-refractivity contribution in [1.29, 1.82) is 0 Å². The molecule has 0 aliphatic carbocycles. The van der Waals surface area contributed by atoms with Crippen LogP contribution >= 0.6 is 11.6 Å². The number of nitrogens with one attached hydrogen (secondary N) is 1. The summed E-state index contributed by atoms with van der Waals surface area (Å²) in [5.41, 5.74) is 3.60. The average molecular weight is 369 g/mol. The predicted octanol–water partition coefficient (Wildman–Crippen LogP) is 4.06. The molecule has 0 spiro atoms. The molecule has 26 heavy (non-hydrogen) atoms. The van der Waals surface area contributed by atoms with Crippen molar-refractivity contribution in [2.24, 2.45) is 0 Å². The first-order chi connectivity index (χ1) is 12.4. The summed E-state index contributed by atoms with van der Waals surface area (Å²) in [6.07, 6.45) is 1.74. The number of aromatic amines is 1. The van der Waals surface area contributed by atoms with Crippen LogP contribution in [0.4, 0.5) is 0 Å². The van der Waals surface area contributed by atoms with Crippen molar-refractivity contribution in [3.63, 3.8) is 0 Å². The van der Waals surface area contributed by atoms with Gasteiger partial charge in [-0.05, 0) is 54.8 Å². The molecule has 0 amide bonds. The molecule has 3 rings (SSSR count). The third-order valence-corrected chi connectivity index (χ3v) is 4.47. The molecule has 0 aliphatic heterocycles. The number of carbonyl (C=O) groups excluding carboxylic acids is 1. The fourth-order valence-electron chi connectivity index (χ4n) is 2.57. The van der Waals surface area contributed by atoms with Gasteiger partial charge in [0.25, 0.3) is 5.56 Å². The van der Waals surface area contributed by atoms with Gasteiger partial charge in [0.1, 0.15) is 0 Å². The highest BCUT2D eigenvalue weighted by Crippen LogP contribution is 2.21. The number of hydrogen-bond donors (Lipinski definition) is 1. The van der Waals surface area contributed by atoms with Gasteiger partial charge in [0.15, 0.2) is 5.82 Å². The quantitative estimate of drug-likeness (QED) is 0.707. The normalized spacial score (nSPS) is 11.6. The third kappa shape index (κ3) is 3.53. The van der Waals surface area contributed by atoms with Crippen LogP contribution < -0.4 is 5.56 Å². The van der Waals surface area contributed by atoms with Crippen LogP contribution in [0.1, 0.15) is 32.9 Å². The molecular formula is C20H17ClN2O3. The summed E-state index contributed by atoms with van der Waals surface area (Å²) in [7, 11) is 1.30. The summed E-state index contributed by atoms with van der Waals surface area (Å²) in [5, 5.41) is 0.674. The monoisotopic (exact) mass is 368 g/mol. The van der Waals surface area contributed by atoms with Crippen LogP contribution in [0, 0.1) is 13.8 Å². The second kappa shape index (κ2) is 7.14. The Balaban J connectivity index is 2.08. The van der Waals surface area contributed by atoms with E-state index < -0.39 is 5.97 Å². The van der Waals surface area contributed by atoms with E-state index in [4.69, 9.17) is 16.3 Å². The SMILES string of the molecule is COC(=O)c1ccc2c(=O)[nH]c(/C(Cl)=C/c3ccc(C)c(C)c3)nc2c1. The first-order valence-electron chi connectivity index (χ1n) is 7.96. The summed E-state index contributed by atoms with van der Waals surface area (Å²) in [6.45, 7) is 4.05. The Kier molecular flexibility index (Phi) is 4.91. The van der Waals surface area contributed by atoms with Crippen molar-refractivity contribution in [2.75, 3.05) is 7.11 Å². The van der Waals surface area contributed by atoms with Crippen molar-refractivity contribution >= 4 is 39.6 Å². The Hall–Kier alpha value is -2.92. The summed E-state index contributed by atoms with van der Waals surface area (Å²) in [4.78, 5) is 31.1. The largest absolute Gasteiger partial charge is 0.465 e. The Labute approximate surface area is 155 Å². The zero-order valence-electron chi connectivity index (χ0n) is 14.6. The number of nitrogens with zero attached hydrogens (tertiary/aromatic N) is 1.